The lowest BCUT2D eigenvalue weighted by Crippen LogP contribution is -2.49. The molecule has 0 aromatic heterocycles. The van der Waals surface area contributed by atoms with Gasteiger partial charge in [-0.05, 0) is 18.1 Å². The Morgan fingerprint density at radius 2 is 2.00 bits per heavy atom. The Hall–Kier alpha value is -2.58. The molecular weight excluding hydrogens is 329 g/mol. The first kappa shape index (κ1) is 17.8. The van der Waals surface area contributed by atoms with Gasteiger partial charge < -0.3 is 15.7 Å². The molecule has 2 rings (SSSR count). The fraction of sp³-hybridized carbons (Fsp3) is 0.400. The van der Waals surface area contributed by atoms with Gasteiger partial charge in [-0.2, -0.15) is 13.2 Å². The Bertz CT molecular complexity index is 660. The van der Waals surface area contributed by atoms with Crippen molar-refractivity contribution in [2.24, 2.45) is 0 Å². The summed E-state index contributed by atoms with van der Waals surface area (Å²) in [6, 6.07) is 2.20. The molecule has 0 aliphatic carbocycles. The Balaban J connectivity index is 2.14. The highest BCUT2D eigenvalue weighted by Gasteiger charge is 2.35. The number of benzene rings is 1. The summed E-state index contributed by atoms with van der Waals surface area (Å²) >= 11 is 0. The monoisotopic (exact) mass is 344 g/mol. The highest BCUT2D eigenvalue weighted by atomic mass is 19.4. The van der Waals surface area contributed by atoms with Gasteiger partial charge in [0.25, 0.3) is 0 Å². The SMILES string of the molecule is O=C1CC[C@@H](C(=O)N[C@@H](Cc2ccccc2C(F)(F)F)C(=O)O)N1. The number of carbonyl (C=O) groups is 3. The van der Waals surface area contributed by atoms with Crippen molar-refractivity contribution in [1.29, 1.82) is 0 Å². The van der Waals surface area contributed by atoms with E-state index in [-0.39, 0.29) is 24.3 Å². The van der Waals surface area contributed by atoms with E-state index in [1.165, 1.54) is 18.2 Å². The number of alkyl halides is 3. The Labute approximate surface area is 135 Å². The van der Waals surface area contributed by atoms with E-state index in [4.69, 9.17) is 0 Å². The molecule has 0 spiro atoms. The van der Waals surface area contributed by atoms with Gasteiger partial charge in [-0.1, -0.05) is 18.2 Å². The van der Waals surface area contributed by atoms with E-state index in [0.29, 0.717) is 0 Å². The Morgan fingerprint density at radius 3 is 2.54 bits per heavy atom. The average molecular weight is 344 g/mol. The minimum absolute atomic E-state index is 0.146. The van der Waals surface area contributed by atoms with Crippen molar-refractivity contribution in [1.82, 2.24) is 10.6 Å². The van der Waals surface area contributed by atoms with E-state index in [2.05, 4.69) is 10.6 Å². The first-order valence-corrected chi connectivity index (χ1v) is 7.16. The molecule has 1 aliphatic heterocycles. The zero-order chi connectivity index (χ0) is 17.9. The molecule has 1 aliphatic rings. The predicted octanol–water partition coefficient (Wildman–Crippen LogP) is 1.10. The number of amides is 2. The molecule has 9 heteroatoms. The van der Waals surface area contributed by atoms with Crippen LogP contribution < -0.4 is 10.6 Å². The number of rotatable bonds is 5. The maximum absolute atomic E-state index is 13.0. The third-order valence-corrected chi connectivity index (χ3v) is 3.67. The molecule has 0 bridgehead atoms. The molecule has 1 heterocycles. The first-order valence-electron chi connectivity index (χ1n) is 7.16. The van der Waals surface area contributed by atoms with E-state index in [1.54, 1.807) is 0 Å². The van der Waals surface area contributed by atoms with Crippen molar-refractivity contribution in [2.75, 3.05) is 0 Å². The van der Waals surface area contributed by atoms with Crippen LogP contribution in [0.4, 0.5) is 13.2 Å². The van der Waals surface area contributed by atoms with Gasteiger partial charge in [0.2, 0.25) is 11.8 Å². The molecule has 1 fully saturated rings. The summed E-state index contributed by atoms with van der Waals surface area (Å²) in [5.74, 6) is -2.51. The lowest BCUT2D eigenvalue weighted by Gasteiger charge is -2.19. The molecule has 130 valence electrons. The zero-order valence-electron chi connectivity index (χ0n) is 12.4. The lowest BCUT2D eigenvalue weighted by molar-refractivity contribution is -0.143. The third kappa shape index (κ3) is 4.24. The van der Waals surface area contributed by atoms with Gasteiger partial charge in [0, 0.05) is 12.8 Å². The first-order chi connectivity index (χ1) is 11.2. The van der Waals surface area contributed by atoms with Crippen LogP contribution in [0.1, 0.15) is 24.0 Å². The second-order valence-electron chi connectivity index (χ2n) is 5.42. The predicted molar refractivity (Wildman–Crippen MR) is 75.9 cm³/mol. The Morgan fingerprint density at radius 1 is 1.33 bits per heavy atom. The molecule has 0 saturated carbocycles. The van der Waals surface area contributed by atoms with E-state index in [9.17, 15) is 32.7 Å². The number of carboxylic acid groups (broad SMARTS) is 1. The van der Waals surface area contributed by atoms with Gasteiger partial charge in [-0.3, -0.25) is 9.59 Å². The number of carbonyl (C=O) groups excluding carboxylic acids is 2. The zero-order valence-corrected chi connectivity index (χ0v) is 12.4. The number of halogens is 3. The number of hydrogen-bond donors (Lipinski definition) is 3. The topological polar surface area (TPSA) is 95.5 Å². The highest BCUT2D eigenvalue weighted by Crippen LogP contribution is 2.32. The van der Waals surface area contributed by atoms with E-state index in [0.717, 1.165) is 6.07 Å². The van der Waals surface area contributed by atoms with Crippen LogP contribution in [0.2, 0.25) is 0 Å². The smallest absolute Gasteiger partial charge is 0.416 e. The van der Waals surface area contributed by atoms with Gasteiger partial charge in [0.1, 0.15) is 12.1 Å². The average Bonchev–Trinajstić information content (AvgIpc) is 2.92. The molecule has 0 unspecified atom stereocenters. The molecule has 1 aromatic carbocycles. The van der Waals surface area contributed by atoms with Crippen LogP contribution in [-0.4, -0.2) is 35.0 Å². The number of aliphatic carboxylic acids is 1. The molecule has 1 saturated heterocycles. The van der Waals surface area contributed by atoms with Crippen molar-refractivity contribution >= 4 is 17.8 Å². The second-order valence-corrected chi connectivity index (χ2v) is 5.42. The van der Waals surface area contributed by atoms with Crippen LogP contribution >= 0.6 is 0 Å². The number of hydrogen-bond acceptors (Lipinski definition) is 3. The normalized spacial score (nSPS) is 18.8. The maximum atomic E-state index is 13.0. The summed E-state index contributed by atoms with van der Waals surface area (Å²) in [5.41, 5.74) is -1.17. The van der Waals surface area contributed by atoms with Gasteiger partial charge in [-0.25, -0.2) is 4.79 Å². The van der Waals surface area contributed by atoms with Crippen molar-refractivity contribution in [3.8, 4) is 0 Å². The molecule has 2 atom stereocenters. The van der Waals surface area contributed by atoms with Crippen molar-refractivity contribution in [2.45, 2.75) is 37.5 Å². The van der Waals surface area contributed by atoms with Crippen LogP contribution in [0.15, 0.2) is 24.3 Å². The molecule has 1 aromatic rings. The van der Waals surface area contributed by atoms with E-state index in [1.807, 2.05) is 0 Å². The molecule has 3 N–H and O–H groups in total. The van der Waals surface area contributed by atoms with Crippen LogP contribution in [0.5, 0.6) is 0 Å². The maximum Gasteiger partial charge on any atom is 0.416 e. The lowest BCUT2D eigenvalue weighted by atomic mass is 9.99. The van der Waals surface area contributed by atoms with E-state index >= 15 is 0 Å². The van der Waals surface area contributed by atoms with Crippen molar-refractivity contribution in [3.05, 3.63) is 35.4 Å². The standard InChI is InChI=1S/C15H15F3N2O4/c16-15(17,18)9-4-2-1-3-8(9)7-11(14(23)24)20-13(22)10-5-6-12(21)19-10/h1-4,10-11H,5-7H2,(H,19,21)(H,20,22)(H,23,24)/t10-,11-/m0/s1. The van der Waals surface area contributed by atoms with Crippen molar-refractivity contribution in [3.63, 3.8) is 0 Å². The molecular formula is C15H15F3N2O4. The van der Waals surface area contributed by atoms with Gasteiger partial charge >= 0.3 is 12.1 Å². The Kier molecular flexibility index (Phi) is 5.10. The molecule has 2 amide bonds. The fourth-order valence-electron chi connectivity index (χ4n) is 2.48. The fourth-order valence-corrected chi connectivity index (χ4v) is 2.48. The summed E-state index contributed by atoms with van der Waals surface area (Å²) < 4.78 is 38.9. The van der Waals surface area contributed by atoms with Crippen LogP contribution in [0, 0.1) is 0 Å². The summed E-state index contributed by atoms with van der Waals surface area (Å²) in [6.45, 7) is 0. The summed E-state index contributed by atoms with van der Waals surface area (Å²) in [7, 11) is 0. The third-order valence-electron chi connectivity index (χ3n) is 3.67. The van der Waals surface area contributed by atoms with Crippen LogP contribution in [0.25, 0.3) is 0 Å². The van der Waals surface area contributed by atoms with Gasteiger partial charge in [0.05, 0.1) is 5.56 Å². The van der Waals surface area contributed by atoms with E-state index < -0.39 is 42.1 Å². The number of carboxylic acids is 1. The minimum Gasteiger partial charge on any atom is -0.480 e. The molecule has 24 heavy (non-hydrogen) atoms. The quantitative estimate of drug-likeness (QED) is 0.745. The molecule has 6 nitrogen and oxygen atoms in total. The van der Waals surface area contributed by atoms with Gasteiger partial charge in [-0.15, -0.1) is 0 Å². The van der Waals surface area contributed by atoms with Gasteiger partial charge in [0.15, 0.2) is 0 Å². The number of nitrogens with one attached hydrogen (secondary N) is 2. The summed E-state index contributed by atoms with van der Waals surface area (Å²) in [4.78, 5) is 34.4. The molecule has 0 radical (unpaired) electrons. The summed E-state index contributed by atoms with van der Waals surface area (Å²) in [6.07, 6.45) is -4.77. The highest BCUT2D eigenvalue weighted by molar-refractivity contribution is 5.92. The van der Waals surface area contributed by atoms with Crippen LogP contribution in [0.3, 0.4) is 0 Å². The summed E-state index contributed by atoms with van der Waals surface area (Å²) in [5, 5.41) is 13.7. The van der Waals surface area contributed by atoms with Crippen molar-refractivity contribution < 1.29 is 32.7 Å². The second kappa shape index (κ2) is 6.90. The minimum atomic E-state index is -4.62. The van der Waals surface area contributed by atoms with Crippen LogP contribution in [-0.2, 0) is 27.0 Å². The largest absolute Gasteiger partial charge is 0.480 e.